The second-order valence-corrected chi connectivity index (χ2v) is 8.01. The van der Waals surface area contributed by atoms with Gasteiger partial charge in [0.1, 0.15) is 0 Å². The number of sulfonamides is 1. The van der Waals surface area contributed by atoms with E-state index in [9.17, 15) is 8.42 Å². The van der Waals surface area contributed by atoms with Crippen molar-refractivity contribution in [3.8, 4) is 0 Å². The molecule has 1 saturated carbocycles. The summed E-state index contributed by atoms with van der Waals surface area (Å²) in [6.45, 7) is 4.50. The van der Waals surface area contributed by atoms with Crippen molar-refractivity contribution in [3.63, 3.8) is 0 Å². The molecule has 2 rings (SSSR count). The quantitative estimate of drug-likeness (QED) is 0.787. The van der Waals surface area contributed by atoms with Crippen LogP contribution >= 0.6 is 0 Å². The topological polar surface area (TPSA) is 63.4 Å². The number of nitrogen functional groups attached to an aromatic ring is 1. The lowest BCUT2D eigenvalue weighted by Gasteiger charge is -2.23. The number of hydrogen-bond donors (Lipinski definition) is 1. The van der Waals surface area contributed by atoms with Gasteiger partial charge in [-0.25, -0.2) is 8.42 Å². The Labute approximate surface area is 122 Å². The fraction of sp³-hybridized carbons (Fsp3) is 0.600. The maximum atomic E-state index is 12.5. The molecule has 1 aliphatic carbocycles. The van der Waals surface area contributed by atoms with Crippen LogP contribution in [0.3, 0.4) is 0 Å². The molecule has 1 aliphatic rings. The van der Waals surface area contributed by atoms with Crippen LogP contribution in [0, 0.1) is 5.92 Å². The van der Waals surface area contributed by atoms with Crippen molar-refractivity contribution < 1.29 is 8.42 Å². The summed E-state index contributed by atoms with van der Waals surface area (Å²) in [5.41, 5.74) is 7.49. The molecular formula is C15H24N2O2S. The summed E-state index contributed by atoms with van der Waals surface area (Å²) in [6, 6.07) is 7.67. The van der Waals surface area contributed by atoms with Gasteiger partial charge in [-0.15, -0.1) is 0 Å². The maximum Gasteiger partial charge on any atom is 0.214 e. The summed E-state index contributed by atoms with van der Waals surface area (Å²) in [7, 11) is -3.19. The van der Waals surface area contributed by atoms with Crippen LogP contribution in [0.1, 0.15) is 38.7 Å². The Morgan fingerprint density at radius 1 is 1.30 bits per heavy atom. The Kier molecular flexibility index (Phi) is 4.70. The Morgan fingerprint density at radius 3 is 2.50 bits per heavy atom. The number of benzene rings is 1. The highest BCUT2D eigenvalue weighted by Gasteiger charge is 2.37. The van der Waals surface area contributed by atoms with E-state index in [2.05, 4.69) is 0 Å². The molecule has 0 atom stereocenters. The van der Waals surface area contributed by atoms with Gasteiger partial charge in [0.25, 0.3) is 0 Å². The standard InChI is InChI=1S/C15H24N2O2S/c1-12(2)9-10-20(18,19)17(14-7-8-14)11-13-5-3-4-6-15(13)16/h3-6,12,14H,7-11,16H2,1-2H3. The van der Waals surface area contributed by atoms with Gasteiger partial charge in [-0.1, -0.05) is 32.0 Å². The van der Waals surface area contributed by atoms with Gasteiger partial charge >= 0.3 is 0 Å². The number of anilines is 1. The number of rotatable bonds is 7. The van der Waals surface area contributed by atoms with Gasteiger partial charge in [0.05, 0.1) is 5.75 Å². The molecule has 1 aromatic rings. The minimum atomic E-state index is -3.19. The second kappa shape index (κ2) is 6.14. The van der Waals surface area contributed by atoms with E-state index in [-0.39, 0.29) is 11.8 Å². The molecule has 1 fully saturated rings. The van der Waals surface area contributed by atoms with Crippen LogP contribution in [-0.4, -0.2) is 24.5 Å². The smallest absolute Gasteiger partial charge is 0.214 e. The van der Waals surface area contributed by atoms with Crippen LogP contribution in [0.2, 0.25) is 0 Å². The van der Waals surface area contributed by atoms with Gasteiger partial charge in [-0.2, -0.15) is 4.31 Å². The van der Waals surface area contributed by atoms with Crippen LogP contribution in [0.25, 0.3) is 0 Å². The molecule has 0 radical (unpaired) electrons. The van der Waals surface area contributed by atoms with Crippen molar-refractivity contribution in [2.45, 2.75) is 45.7 Å². The predicted molar refractivity (Wildman–Crippen MR) is 82.7 cm³/mol. The monoisotopic (exact) mass is 296 g/mol. The molecule has 0 spiro atoms. The SMILES string of the molecule is CC(C)CCS(=O)(=O)N(Cc1ccccc1N)C1CC1. The van der Waals surface area contributed by atoms with E-state index >= 15 is 0 Å². The van der Waals surface area contributed by atoms with E-state index < -0.39 is 10.0 Å². The first-order chi connectivity index (χ1) is 9.40. The highest BCUT2D eigenvalue weighted by molar-refractivity contribution is 7.89. The van der Waals surface area contributed by atoms with Crippen LogP contribution < -0.4 is 5.73 Å². The molecule has 0 saturated heterocycles. The first kappa shape index (κ1) is 15.3. The maximum absolute atomic E-state index is 12.5. The van der Waals surface area contributed by atoms with E-state index in [4.69, 9.17) is 5.73 Å². The van der Waals surface area contributed by atoms with Gasteiger partial charge < -0.3 is 5.73 Å². The van der Waals surface area contributed by atoms with E-state index in [1.54, 1.807) is 4.31 Å². The highest BCUT2D eigenvalue weighted by Crippen LogP contribution is 2.32. The zero-order valence-corrected chi connectivity index (χ0v) is 13.1. The van der Waals surface area contributed by atoms with Gasteiger partial charge in [-0.05, 0) is 36.8 Å². The molecule has 0 heterocycles. The van der Waals surface area contributed by atoms with E-state index in [0.717, 1.165) is 18.4 Å². The lowest BCUT2D eigenvalue weighted by atomic mass is 10.2. The first-order valence-electron chi connectivity index (χ1n) is 7.23. The largest absolute Gasteiger partial charge is 0.398 e. The third kappa shape index (κ3) is 3.96. The number of para-hydroxylation sites is 1. The van der Waals surface area contributed by atoms with Crippen molar-refractivity contribution in [1.29, 1.82) is 0 Å². The molecule has 0 aliphatic heterocycles. The van der Waals surface area contributed by atoms with Crippen LogP contribution in [0.15, 0.2) is 24.3 Å². The summed E-state index contributed by atoms with van der Waals surface area (Å²) in [4.78, 5) is 0. The van der Waals surface area contributed by atoms with E-state index in [1.807, 2.05) is 38.1 Å². The molecule has 112 valence electrons. The van der Waals surface area contributed by atoms with Gasteiger partial charge in [0.15, 0.2) is 0 Å². The minimum absolute atomic E-state index is 0.173. The summed E-state index contributed by atoms with van der Waals surface area (Å²) < 4.78 is 26.7. The van der Waals surface area contributed by atoms with Crippen molar-refractivity contribution >= 4 is 15.7 Å². The number of nitrogens with zero attached hydrogens (tertiary/aromatic N) is 1. The van der Waals surface area contributed by atoms with Gasteiger partial charge in [0.2, 0.25) is 10.0 Å². The third-order valence-electron chi connectivity index (χ3n) is 3.65. The lowest BCUT2D eigenvalue weighted by molar-refractivity contribution is 0.396. The molecule has 0 bridgehead atoms. The molecule has 0 aromatic heterocycles. The molecule has 4 nitrogen and oxygen atoms in total. The molecule has 0 amide bonds. The zero-order valence-electron chi connectivity index (χ0n) is 12.2. The van der Waals surface area contributed by atoms with Crippen molar-refractivity contribution in [2.24, 2.45) is 5.92 Å². The van der Waals surface area contributed by atoms with Crippen molar-refractivity contribution in [1.82, 2.24) is 4.31 Å². The van der Waals surface area contributed by atoms with Crippen molar-refractivity contribution in [3.05, 3.63) is 29.8 Å². The van der Waals surface area contributed by atoms with E-state index in [1.165, 1.54) is 0 Å². The van der Waals surface area contributed by atoms with Crippen LogP contribution in [0.4, 0.5) is 5.69 Å². The van der Waals surface area contributed by atoms with E-state index in [0.29, 0.717) is 24.6 Å². The first-order valence-corrected chi connectivity index (χ1v) is 8.84. The lowest BCUT2D eigenvalue weighted by Crippen LogP contribution is -2.35. The third-order valence-corrected chi connectivity index (χ3v) is 5.54. The highest BCUT2D eigenvalue weighted by atomic mass is 32.2. The minimum Gasteiger partial charge on any atom is -0.398 e. The Morgan fingerprint density at radius 2 is 1.95 bits per heavy atom. The second-order valence-electron chi connectivity index (χ2n) is 5.97. The Bertz CT molecular complexity index is 551. The van der Waals surface area contributed by atoms with Crippen LogP contribution in [-0.2, 0) is 16.6 Å². The zero-order chi connectivity index (χ0) is 14.8. The fourth-order valence-electron chi connectivity index (χ4n) is 2.17. The number of hydrogen-bond acceptors (Lipinski definition) is 3. The van der Waals surface area contributed by atoms with Crippen LogP contribution in [0.5, 0.6) is 0 Å². The summed E-state index contributed by atoms with van der Waals surface area (Å²) in [5.74, 6) is 0.626. The molecule has 2 N–H and O–H groups in total. The predicted octanol–water partition coefficient (Wildman–Crippen LogP) is 2.61. The Hall–Kier alpha value is -1.07. The molecule has 0 unspecified atom stereocenters. The average Bonchev–Trinajstić information content (AvgIpc) is 3.19. The Balaban J connectivity index is 2.13. The molecule has 1 aromatic carbocycles. The van der Waals surface area contributed by atoms with Gasteiger partial charge in [-0.3, -0.25) is 0 Å². The van der Waals surface area contributed by atoms with Crippen molar-refractivity contribution in [2.75, 3.05) is 11.5 Å². The molecule has 20 heavy (non-hydrogen) atoms. The summed E-state index contributed by atoms with van der Waals surface area (Å²) in [5, 5.41) is 0. The van der Waals surface area contributed by atoms with Gasteiger partial charge in [0, 0.05) is 18.3 Å². The normalized spacial score (nSPS) is 16.0. The summed E-state index contributed by atoms with van der Waals surface area (Å²) >= 11 is 0. The molecule has 5 heteroatoms. The number of nitrogens with two attached hydrogens (primary N) is 1. The average molecular weight is 296 g/mol. The fourth-order valence-corrected chi connectivity index (χ4v) is 4.17. The summed E-state index contributed by atoms with van der Waals surface area (Å²) in [6.07, 6.45) is 2.64. The molecular weight excluding hydrogens is 272 g/mol.